The van der Waals surface area contributed by atoms with E-state index in [4.69, 9.17) is 14.0 Å². The SMILES string of the molecule is C=COCC[C@H](Cc1ccc(/C(C)=C/N2C=CC=C(c3c(C)noc3C)C2=C)cc1)NC(=O)c1ccc(OC(C)C)c(C#N)c1. The Kier molecular flexibility index (Phi) is 10.8. The summed E-state index contributed by atoms with van der Waals surface area (Å²) in [6, 6.07) is 15.1. The van der Waals surface area contributed by atoms with Crippen LogP contribution < -0.4 is 10.1 Å². The third-order valence-corrected chi connectivity index (χ3v) is 7.42. The Morgan fingerprint density at radius 1 is 1.18 bits per heavy atom. The Hall–Kier alpha value is -5.29. The van der Waals surface area contributed by atoms with Crippen LogP contribution in [0.25, 0.3) is 11.1 Å². The van der Waals surface area contributed by atoms with E-state index in [1.54, 1.807) is 18.2 Å². The Morgan fingerprint density at radius 2 is 1.91 bits per heavy atom. The summed E-state index contributed by atoms with van der Waals surface area (Å²) in [6.45, 7) is 18.0. The number of benzene rings is 2. The quantitative estimate of drug-likeness (QED) is 0.158. The van der Waals surface area contributed by atoms with Crippen molar-refractivity contribution < 1.29 is 18.8 Å². The second-order valence-corrected chi connectivity index (χ2v) is 11.2. The number of nitrogens with zero attached hydrogens (tertiary/aromatic N) is 3. The van der Waals surface area contributed by atoms with Crippen molar-refractivity contribution in [3.8, 4) is 11.8 Å². The Labute approximate surface area is 265 Å². The first-order valence-corrected chi connectivity index (χ1v) is 14.9. The fourth-order valence-corrected chi connectivity index (χ4v) is 5.15. The van der Waals surface area contributed by atoms with Gasteiger partial charge in [-0.05, 0) is 82.0 Å². The van der Waals surface area contributed by atoms with Gasteiger partial charge in [-0.1, -0.05) is 48.7 Å². The van der Waals surface area contributed by atoms with E-state index in [1.807, 2.05) is 50.9 Å². The largest absolute Gasteiger partial charge is 0.502 e. The first-order valence-electron chi connectivity index (χ1n) is 14.9. The van der Waals surface area contributed by atoms with Gasteiger partial charge >= 0.3 is 0 Å². The molecule has 1 atom stereocenters. The predicted octanol–water partition coefficient (Wildman–Crippen LogP) is 7.63. The summed E-state index contributed by atoms with van der Waals surface area (Å²) in [6.07, 6.45) is 10.6. The minimum Gasteiger partial charge on any atom is -0.502 e. The van der Waals surface area contributed by atoms with Crippen LogP contribution in [0.1, 0.15) is 71.3 Å². The zero-order valence-corrected chi connectivity index (χ0v) is 26.6. The van der Waals surface area contributed by atoms with Gasteiger partial charge in [0.15, 0.2) is 0 Å². The highest BCUT2D eigenvalue weighted by Crippen LogP contribution is 2.33. The van der Waals surface area contributed by atoms with Crippen molar-refractivity contribution in [2.45, 2.75) is 59.6 Å². The van der Waals surface area contributed by atoms with E-state index in [0.717, 1.165) is 45.0 Å². The van der Waals surface area contributed by atoms with Crippen molar-refractivity contribution in [2.24, 2.45) is 0 Å². The first kappa shape index (κ1) is 32.6. The molecule has 0 unspecified atom stereocenters. The Balaban J connectivity index is 1.45. The third kappa shape index (κ3) is 8.21. The van der Waals surface area contributed by atoms with Gasteiger partial charge in [-0.3, -0.25) is 4.79 Å². The van der Waals surface area contributed by atoms with Crippen LogP contribution in [0.4, 0.5) is 0 Å². The van der Waals surface area contributed by atoms with Crippen LogP contribution in [0.2, 0.25) is 0 Å². The Morgan fingerprint density at radius 3 is 2.56 bits per heavy atom. The van der Waals surface area contributed by atoms with E-state index in [0.29, 0.717) is 36.3 Å². The zero-order valence-electron chi connectivity index (χ0n) is 26.6. The predicted molar refractivity (Wildman–Crippen MR) is 177 cm³/mol. The summed E-state index contributed by atoms with van der Waals surface area (Å²) in [5, 5.41) is 16.8. The number of ether oxygens (including phenoxy) is 2. The molecule has 0 bridgehead atoms. The Bertz CT molecular complexity index is 1670. The smallest absolute Gasteiger partial charge is 0.251 e. The number of amides is 1. The van der Waals surface area contributed by atoms with Gasteiger partial charge in [-0.2, -0.15) is 5.26 Å². The standard InChI is InChI=1S/C37H40N4O4/c1-8-43-19-17-33(39-37(42)31-15-16-35(44-24(2)3)32(21-31)22-38)20-29-11-13-30(14-12-29)25(4)23-41-18-9-10-34(27(41)6)36-26(5)40-45-28(36)7/h8-16,18,21,23-24,33H,1,6,17,19-20H2,2-5,7H3,(H,39,42)/b25-23+/t33-/m1/s1. The highest BCUT2D eigenvalue weighted by atomic mass is 16.5. The molecule has 3 aromatic rings. The van der Waals surface area contributed by atoms with Crippen LogP contribution in [-0.2, 0) is 11.2 Å². The normalized spacial score (nSPS) is 13.7. The minimum atomic E-state index is -0.263. The molecule has 0 spiro atoms. The summed E-state index contributed by atoms with van der Waals surface area (Å²) in [5.74, 6) is 0.960. The van der Waals surface area contributed by atoms with Gasteiger partial charge in [0.25, 0.3) is 5.91 Å². The number of carbonyl (C=O) groups excluding carboxylic acids is 1. The van der Waals surface area contributed by atoms with Crippen LogP contribution in [0, 0.1) is 25.2 Å². The topological polar surface area (TPSA) is 101 Å². The van der Waals surface area contributed by atoms with Crippen molar-refractivity contribution in [1.82, 2.24) is 15.4 Å². The van der Waals surface area contributed by atoms with Crippen LogP contribution in [0.3, 0.4) is 0 Å². The molecule has 8 nitrogen and oxygen atoms in total. The van der Waals surface area contributed by atoms with E-state index in [1.165, 1.54) is 6.26 Å². The molecule has 1 aromatic heterocycles. The maximum absolute atomic E-state index is 13.2. The fraction of sp³-hybridized carbons (Fsp3) is 0.270. The average Bonchev–Trinajstić information content (AvgIpc) is 3.35. The molecule has 2 heterocycles. The lowest BCUT2D eigenvalue weighted by molar-refractivity contribution is 0.0928. The van der Waals surface area contributed by atoms with Crippen LogP contribution >= 0.6 is 0 Å². The summed E-state index contributed by atoms with van der Waals surface area (Å²) in [4.78, 5) is 15.2. The molecule has 1 aliphatic rings. The van der Waals surface area contributed by atoms with Crippen LogP contribution in [0.5, 0.6) is 5.75 Å². The lowest BCUT2D eigenvalue weighted by atomic mass is 9.98. The van der Waals surface area contributed by atoms with Crippen LogP contribution in [0.15, 0.2) is 96.7 Å². The van der Waals surface area contributed by atoms with Gasteiger partial charge in [0.05, 0.1) is 30.2 Å². The molecular weight excluding hydrogens is 564 g/mol. The summed E-state index contributed by atoms with van der Waals surface area (Å²) >= 11 is 0. The van der Waals surface area contributed by atoms with Gasteiger partial charge < -0.3 is 24.2 Å². The number of hydrogen-bond acceptors (Lipinski definition) is 7. The summed E-state index contributed by atoms with van der Waals surface area (Å²) in [7, 11) is 0. The average molecular weight is 605 g/mol. The van der Waals surface area contributed by atoms with Gasteiger partial charge in [-0.15, -0.1) is 0 Å². The molecule has 1 aliphatic heterocycles. The number of nitrogens with one attached hydrogen (secondary N) is 1. The highest BCUT2D eigenvalue weighted by Gasteiger charge is 2.21. The highest BCUT2D eigenvalue weighted by molar-refractivity contribution is 5.95. The minimum absolute atomic E-state index is 0.0816. The van der Waals surface area contributed by atoms with Gasteiger partial charge in [0.2, 0.25) is 0 Å². The molecule has 232 valence electrons. The molecule has 0 saturated heterocycles. The second-order valence-electron chi connectivity index (χ2n) is 11.2. The van der Waals surface area contributed by atoms with Crippen molar-refractivity contribution in [1.29, 1.82) is 5.26 Å². The maximum Gasteiger partial charge on any atom is 0.251 e. The van der Waals surface area contributed by atoms with E-state index >= 15 is 0 Å². The van der Waals surface area contributed by atoms with Crippen molar-refractivity contribution >= 4 is 17.1 Å². The molecule has 4 rings (SSSR count). The molecule has 0 fully saturated rings. The number of aryl methyl sites for hydroxylation is 2. The zero-order chi connectivity index (χ0) is 32.5. The maximum atomic E-state index is 13.2. The number of hydrogen-bond donors (Lipinski definition) is 1. The number of carbonyl (C=O) groups is 1. The first-order chi connectivity index (χ1) is 21.6. The lowest BCUT2D eigenvalue weighted by Gasteiger charge is -2.25. The van der Waals surface area contributed by atoms with Crippen molar-refractivity contribution in [2.75, 3.05) is 6.61 Å². The number of allylic oxidation sites excluding steroid dienone is 4. The molecule has 0 saturated carbocycles. The lowest BCUT2D eigenvalue weighted by Crippen LogP contribution is -2.37. The summed E-state index contributed by atoms with van der Waals surface area (Å²) in [5.41, 5.74) is 7.53. The second kappa shape index (κ2) is 14.9. The van der Waals surface area contributed by atoms with Gasteiger partial charge in [0, 0.05) is 47.3 Å². The van der Waals surface area contributed by atoms with E-state index in [2.05, 4.69) is 67.1 Å². The molecule has 2 aromatic carbocycles. The fourth-order valence-electron chi connectivity index (χ4n) is 5.15. The van der Waals surface area contributed by atoms with E-state index in [-0.39, 0.29) is 18.1 Å². The number of nitriles is 1. The third-order valence-electron chi connectivity index (χ3n) is 7.42. The molecule has 45 heavy (non-hydrogen) atoms. The number of aromatic nitrogens is 1. The molecular formula is C37H40N4O4. The molecule has 8 heteroatoms. The summed E-state index contributed by atoms with van der Waals surface area (Å²) < 4.78 is 16.4. The van der Waals surface area contributed by atoms with E-state index in [9.17, 15) is 10.1 Å². The molecule has 0 radical (unpaired) electrons. The number of rotatable bonds is 13. The molecule has 0 aliphatic carbocycles. The van der Waals surface area contributed by atoms with E-state index < -0.39 is 0 Å². The van der Waals surface area contributed by atoms with Crippen LogP contribution in [-0.4, -0.2) is 34.7 Å². The van der Waals surface area contributed by atoms with Gasteiger partial charge in [0.1, 0.15) is 17.6 Å². The monoisotopic (exact) mass is 604 g/mol. The molecule has 1 N–H and O–H groups in total. The molecule has 1 amide bonds. The van der Waals surface area contributed by atoms with Crippen molar-refractivity contribution in [3.63, 3.8) is 0 Å². The van der Waals surface area contributed by atoms with Crippen molar-refractivity contribution in [3.05, 3.63) is 131 Å². The van der Waals surface area contributed by atoms with Gasteiger partial charge in [-0.25, -0.2) is 0 Å².